The van der Waals surface area contributed by atoms with Crippen LogP contribution < -0.4 is 11.1 Å². The Hall–Kier alpha value is -2.23. The molecule has 0 atom stereocenters. The van der Waals surface area contributed by atoms with Crippen molar-refractivity contribution in [3.8, 4) is 0 Å². The third kappa shape index (κ3) is 2.66. The Balaban J connectivity index is 2.09. The molecule has 0 spiro atoms. The summed E-state index contributed by atoms with van der Waals surface area (Å²) in [6.07, 6.45) is 1.64. The van der Waals surface area contributed by atoms with Gasteiger partial charge in [-0.3, -0.25) is 4.79 Å². The van der Waals surface area contributed by atoms with E-state index in [4.69, 9.17) is 10.2 Å². The van der Waals surface area contributed by atoms with Gasteiger partial charge in [0.1, 0.15) is 5.76 Å². The Morgan fingerprint density at radius 1 is 1.41 bits per heavy atom. The van der Waals surface area contributed by atoms with E-state index in [2.05, 4.69) is 5.32 Å². The number of amides is 1. The summed E-state index contributed by atoms with van der Waals surface area (Å²) in [7, 11) is 0. The van der Waals surface area contributed by atoms with Crippen LogP contribution in [0.15, 0.2) is 41.0 Å². The van der Waals surface area contributed by atoms with Crippen molar-refractivity contribution in [2.24, 2.45) is 5.73 Å². The highest BCUT2D eigenvalue weighted by molar-refractivity contribution is 5.93. The van der Waals surface area contributed by atoms with Gasteiger partial charge >= 0.3 is 0 Å². The van der Waals surface area contributed by atoms with Gasteiger partial charge in [-0.05, 0) is 42.8 Å². The Bertz CT molecular complexity index is 518. The van der Waals surface area contributed by atoms with E-state index >= 15 is 0 Å². The highest BCUT2D eigenvalue weighted by Gasteiger charge is 2.04. The number of furan rings is 1. The molecule has 4 nitrogen and oxygen atoms in total. The van der Waals surface area contributed by atoms with Gasteiger partial charge in [0.25, 0.3) is 0 Å². The fourth-order valence-corrected chi connectivity index (χ4v) is 1.61. The lowest BCUT2D eigenvalue weighted by molar-refractivity contribution is 0.1000. The molecule has 88 valence electrons. The molecule has 1 amide bonds. The fourth-order valence-electron chi connectivity index (χ4n) is 1.61. The van der Waals surface area contributed by atoms with Gasteiger partial charge in [0, 0.05) is 11.3 Å². The normalized spacial score (nSPS) is 10.2. The molecule has 1 heterocycles. The molecular weight excluding hydrogens is 216 g/mol. The number of aryl methyl sites for hydroxylation is 1. The number of benzene rings is 1. The first-order valence-electron chi connectivity index (χ1n) is 5.33. The minimum atomic E-state index is -0.411. The van der Waals surface area contributed by atoms with Gasteiger partial charge < -0.3 is 15.5 Å². The Morgan fingerprint density at radius 3 is 2.82 bits per heavy atom. The lowest BCUT2D eigenvalue weighted by Crippen LogP contribution is -2.11. The molecule has 2 rings (SSSR count). The second-order valence-corrected chi connectivity index (χ2v) is 3.83. The summed E-state index contributed by atoms with van der Waals surface area (Å²) < 4.78 is 5.22. The number of hydrogen-bond donors (Lipinski definition) is 2. The summed E-state index contributed by atoms with van der Waals surface area (Å²) in [6, 6.07) is 9.07. The molecule has 2 aromatic rings. The van der Waals surface area contributed by atoms with Crippen LogP contribution in [0.5, 0.6) is 0 Å². The Labute approximate surface area is 99.4 Å². The number of carbonyl (C=O) groups is 1. The second-order valence-electron chi connectivity index (χ2n) is 3.83. The van der Waals surface area contributed by atoms with E-state index in [0.717, 1.165) is 17.0 Å². The smallest absolute Gasteiger partial charge is 0.248 e. The molecule has 0 bridgehead atoms. The van der Waals surface area contributed by atoms with Gasteiger partial charge in [-0.15, -0.1) is 0 Å². The summed E-state index contributed by atoms with van der Waals surface area (Å²) in [5.41, 5.74) is 7.67. The second kappa shape index (κ2) is 4.74. The maximum atomic E-state index is 11.0. The summed E-state index contributed by atoms with van der Waals surface area (Å²) in [5.74, 6) is 0.453. The van der Waals surface area contributed by atoms with E-state index in [0.29, 0.717) is 12.1 Å². The highest BCUT2D eigenvalue weighted by atomic mass is 16.3. The Kier molecular flexibility index (Phi) is 3.14. The number of primary amides is 1. The third-order valence-corrected chi connectivity index (χ3v) is 2.54. The van der Waals surface area contributed by atoms with Gasteiger partial charge in [-0.2, -0.15) is 0 Å². The quantitative estimate of drug-likeness (QED) is 0.846. The molecule has 0 saturated carbocycles. The topological polar surface area (TPSA) is 68.3 Å². The predicted octanol–water partition coefficient (Wildman–Crippen LogP) is 2.30. The van der Waals surface area contributed by atoms with Gasteiger partial charge in [0.2, 0.25) is 5.91 Å². The summed E-state index contributed by atoms with van der Waals surface area (Å²) in [6.45, 7) is 2.54. The van der Waals surface area contributed by atoms with Crippen LogP contribution in [0.25, 0.3) is 0 Å². The van der Waals surface area contributed by atoms with Crippen molar-refractivity contribution in [2.75, 3.05) is 5.32 Å². The first-order valence-corrected chi connectivity index (χ1v) is 5.33. The number of rotatable bonds is 4. The first kappa shape index (κ1) is 11.3. The molecule has 1 aromatic heterocycles. The lowest BCUT2D eigenvalue weighted by Gasteiger charge is -2.09. The zero-order valence-electron chi connectivity index (χ0n) is 9.57. The maximum absolute atomic E-state index is 11.0. The number of nitrogens with two attached hydrogens (primary N) is 1. The molecule has 0 unspecified atom stereocenters. The molecule has 1 aromatic carbocycles. The van der Waals surface area contributed by atoms with E-state index in [-0.39, 0.29) is 0 Å². The number of nitrogens with one attached hydrogen (secondary N) is 1. The molecule has 3 N–H and O–H groups in total. The van der Waals surface area contributed by atoms with Crippen molar-refractivity contribution >= 4 is 11.6 Å². The molecule has 0 fully saturated rings. The van der Waals surface area contributed by atoms with Gasteiger partial charge in [-0.1, -0.05) is 0 Å². The number of carbonyl (C=O) groups excluding carboxylic acids is 1. The monoisotopic (exact) mass is 230 g/mol. The third-order valence-electron chi connectivity index (χ3n) is 2.54. The first-order chi connectivity index (χ1) is 8.16. The van der Waals surface area contributed by atoms with E-state index in [1.807, 2.05) is 25.1 Å². The van der Waals surface area contributed by atoms with E-state index in [1.54, 1.807) is 18.4 Å². The van der Waals surface area contributed by atoms with Crippen molar-refractivity contribution in [3.63, 3.8) is 0 Å². The standard InChI is InChI=1S/C13H14N2O2/c1-9-7-10(13(14)16)4-5-12(9)15-8-11-3-2-6-17-11/h2-7,15H,8H2,1H3,(H2,14,16). The average Bonchev–Trinajstić information content (AvgIpc) is 2.80. The van der Waals surface area contributed by atoms with Gasteiger partial charge in [0.05, 0.1) is 12.8 Å². The van der Waals surface area contributed by atoms with E-state index < -0.39 is 5.91 Å². The maximum Gasteiger partial charge on any atom is 0.248 e. The van der Waals surface area contributed by atoms with Crippen molar-refractivity contribution < 1.29 is 9.21 Å². The van der Waals surface area contributed by atoms with E-state index in [1.165, 1.54) is 0 Å². The van der Waals surface area contributed by atoms with Crippen LogP contribution in [0.4, 0.5) is 5.69 Å². The average molecular weight is 230 g/mol. The van der Waals surface area contributed by atoms with Crippen molar-refractivity contribution in [2.45, 2.75) is 13.5 Å². The number of hydrogen-bond acceptors (Lipinski definition) is 3. The van der Waals surface area contributed by atoms with Gasteiger partial charge in [-0.25, -0.2) is 0 Å². The molecule has 0 aliphatic carbocycles. The molecule has 0 saturated heterocycles. The molecule has 0 radical (unpaired) electrons. The van der Waals surface area contributed by atoms with Crippen LogP contribution in [0.1, 0.15) is 21.7 Å². The minimum absolute atomic E-state index is 0.411. The summed E-state index contributed by atoms with van der Waals surface area (Å²) in [5, 5.41) is 3.24. The molecular formula is C13H14N2O2. The summed E-state index contributed by atoms with van der Waals surface area (Å²) in [4.78, 5) is 11.0. The Morgan fingerprint density at radius 2 is 2.24 bits per heavy atom. The predicted molar refractivity (Wildman–Crippen MR) is 65.7 cm³/mol. The summed E-state index contributed by atoms with van der Waals surface area (Å²) >= 11 is 0. The van der Waals surface area contributed by atoms with Crippen LogP contribution >= 0.6 is 0 Å². The van der Waals surface area contributed by atoms with Crippen LogP contribution in [0.2, 0.25) is 0 Å². The van der Waals surface area contributed by atoms with Gasteiger partial charge in [0.15, 0.2) is 0 Å². The molecule has 0 aliphatic heterocycles. The van der Waals surface area contributed by atoms with E-state index in [9.17, 15) is 4.79 Å². The highest BCUT2D eigenvalue weighted by Crippen LogP contribution is 2.17. The minimum Gasteiger partial charge on any atom is -0.467 e. The van der Waals surface area contributed by atoms with Crippen LogP contribution in [-0.4, -0.2) is 5.91 Å². The van der Waals surface area contributed by atoms with Crippen molar-refractivity contribution in [1.82, 2.24) is 0 Å². The molecule has 0 aliphatic rings. The molecule has 17 heavy (non-hydrogen) atoms. The molecule has 4 heteroatoms. The van der Waals surface area contributed by atoms with Crippen molar-refractivity contribution in [3.05, 3.63) is 53.5 Å². The van der Waals surface area contributed by atoms with Crippen LogP contribution in [0, 0.1) is 6.92 Å². The van der Waals surface area contributed by atoms with Crippen LogP contribution in [-0.2, 0) is 6.54 Å². The van der Waals surface area contributed by atoms with Crippen molar-refractivity contribution in [1.29, 1.82) is 0 Å². The zero-order chi connectivity index (χ0) is 12.3. The lowest BCUT2D eigenvalue weighted by atomic mass is 10.1. The SMILES string of the molecule is Cc1cc(C(N)=O)ccc1NCc1ccco1. The van der Waals surface area contributed by atoms with Crippen LogP contribution in [0.3, 0.4) is 0 Å². The fraction of sp³-hybridized carbons (Fsp3) is 0.154. The largest absolute Gasteiger partial charge is 0.467 e. The zero-order valence-corrected chi connectivity index (χ0v) is 9.57. The number of anilines is 1.